The number of nitrogens with two attached hydrogens (primary N) is 1. The van der Waals surface area contributed by atoms with Gasteiger partial charge >= 0.3 is 0 Å². The molecule has 1 heterocycles. The third kappa shape index (κ3) is 7.34. The standard InChI is InChI=1S/C22H27FN4O3.2ClH/c1-25-21(28)15-26-10-12-27(13-11-26)22(29)19-14-18(6-7-20(19)23)30-17-4-2-16(3-5-17)8-9-24;;/h2-7,14H,8-13,15,24H2,1H3,(H,25,28);2*1H. The zero-order chi connectivity index (χ0) is 21.5. The molecule has 10 heteroatoms. The van der Waals surface area contributed by atoms with Gasteiger partial charge in [-0.3, -0.25) is 14.5 Å². The van der Waals surface area contributed by atoms with Gasteiger partial charge in [-0.2, -0.15) is 0 Å². The Balaban J connectivity index is 0.00000256. The molecule has 1 fully saturated rings. The zero-order valence-electron chi connectivity index (χ0n) is 17.9. The number of amides is 2. The number of likely N-dealkylation sites (N-methyl/N-ethyl adjacent to an activating group) is 1. The lowest BCUT2D eigenvalue weighted by Crippen LogP contribution is -2.51. The highest BCUT2D eigenvalue weighted by molar-refractivity contribution is 5.95. The number of halogens is 3. The molecule has 0 unspecified atom stereocenters. The SMILES string of the molecule is CNC(=O)CN1CCN(C(=O)c2cc(Oc3ccc(CCN)cc3)ccc2F)CC1.Cl.Cl. The molecule has 3 N–H and O–H groups in total. The van der Waals surface area contributed by atoms with E-state index in [0.717, 1.165) is 12.0 Å². The normalized spacial score (nSPS) is 13.5. The average molecular weight is 487 g/mol. The minimum Gasteiger partial charge on any atom is -0.457 e. The van der Waals surface area contributed by atoms with Crippen LogP contribution in [0.1, 0.15) is 15.9 Å². The smallest absolute Gasteiger partial charge is 0.257 e. The monoisotopic (exact) mass is 486 g/mol. The minimum absolute atomic E-state index is 0. The summed E-state index contributed by atoms with van der Waals surface area (Å²) in [5, 5.41) is 2.58. The maximum Gasteiger partial charge on any atom is 0.257 e. The Kier molecular flexibility index (Phi) is 11.4. The summed E-state index contributed by atoms with van der Waals surface area (Å²) in [7, 11) is 1.59. The van der Waals surface area contributed by atoms with Crippen molar-refractivity contribution in [3.8, 4) is 11.5 Å². The van der Waals surface area contributed by atoms with Crippen LogP contribution in [0.2, 0.25) is 0 Å². The first kappa shape index (κ1) is 27.6. The number of nitrogens with one attached hydrogen (secondary N) is 1. The largest absolute Gasteiger partial charge is 0.457 e. The fourth-order valence-electron chi connectivity index (χ4n) is 3.32. The molecular formula is C22H29Cl2FN4O3. The lowest BCUT2D eigenvalue weighted by Gasteiger charge is -2.34. The lowest BCUT2D eigenvalue weighted by atomic mass is 10.1. The van der Waals surface area contributed by atoms with Gasteiger partial charge in [0.2, 0.25) is 5.91 Å². The van der Waals surface area contributed by atoms with Gasteiger partial charge in [0, 0.05) is 33.2 Å². The molecule has 0 radical (unpaired) electrons. The molecule has 1 aliphatic rings. The average Bonchev–Trinajstić information content (AvgIpc) is 2.76. The number of carbonyl (C=O) groups excluding carboxylic acids is 2. The van der Waals surface area contributed by atoms with E-state index in [2.05, 4.69) is 5.32 Å². The fourth-order valence-corrected chi connectivity index (χ4v) is 3.32. The molecule has 2 aromatic rings. The first-order valence-electron chi connectivity index (χ1n) is 9.98. The zero-order valence-corrected chi connectivity index (χ0v) is 19.5. The number of ether oxygens (including phenoxy) is 1. The van der Waals surface area contributed by atoms with Crippen LogP contribution in [0.4, 0.5) is 4.39 Å². The number of piperazine rings is 1. The molecule has 0 aromatic heterocycles. The Morgan fingerprint density at radius 1 is 1.03 bits per heavy atom. The number of hydrogen-bond acceptors (Lipinski definition) is 5. The quantitative estimate of drug-likeness (QED) is 0.627. The summed E-state index contributed by atoms with van der Waals surface area (Å²) in [5.41, 5.74) is 6.64. The Labute approximate surface area is 199 Å². The van der Waals surface area contributed by atoms with Gasteiger partial charge in [-0.05, 0) is 48.9 Å². The fraction of sp³-hybridized carbons (Fsp3) is 0.364. The van der Waals surface area contributed by atoms with E-state index in [1.807, 2.05) is 29.2 Å². The summed E-state index contributed by atoms with van der Waals surface area (Å²) < 4.78 is 20.2. The van der Waals surface area contributed by atoms with Gasteiger partial charge in [0.15, 0.2) is 0 Å². The number of carbonyl (C=O) groups is 2. The van der Waals surface area contributed by atoms with E-state index in [4.69, 9.17) is 10.5 Å². The highest BCUT2D eigenvalue weighted by atomic mass is 35.5. The first-order valence-corrected chi connectivity index (χ1v) is 9.98. The molecule has 2 amide bonds. The summed E-state index contributed by atoms with van der Waals surface area (Å²) in [4.78, 5) is 27.9. The van der Waals surface area contributed by atoms with E-state index in [1.54, 1.807) is 11.9 Å². The van der Waals surface area contributed by atoms with Gasteiger partial charge in [0.1, 0.15) is 17.3 Å². The van der Waals surface area contributed by atoms with Crippen molar-refractivity contribution in [2.45, 2.75) is 6.42 Å². The Morgan fingerprint density at radius 3 is 2.25 bits per heavy atom. The molecule has 176 valence electrons. The van der Waals surface area contributed by atoms with Crippen LogP contribution in [0.5, 0.6) is 11.5 Å². The van der Waals surface area contributed by atoms with Crippen molar-refractivity contribution < 1.29 is 18.7 Å². The van der Waals surface area contributed by atoms with Crippen LogP contribution < -0.4 is 15.8 Å². The Morgan fingerprint density at radius 2 is 1.66 bits per heavy atom. The number of nitrogens with zero attached hydrogens (tertiary/aromatic N) is 2. The van der Waals surface area contributed by atoms with Gasteiger partial charge in [0.05, 0.1) is 12.1 Å². The molecule has 2 aromatic carbocycles. The van der Waals surface area contributed by atoms with Crippen molar-refractivity contribution >= 4 is 36.6 Å². The van der Waals surface area contributed by atoms with E-state index in [1.165, 1.54) is 18.2 Å². The summed E-state index contributed by atoms with van der Waals surface area (Å²) in [6.07, 6.45) is 0.784. The van der Waals surface area contributed by atoms with Gasteiger partial charge in [-0.25, -0.2) is 4.39 Å². The van der Waals surface area contributed by atoms with Crippen molar-refractivity contribution in [2.24, 2.45) is 5.73 Å². The lowest BCUT2D eigenvalue weighted by molar-refractivity contribution is -0.122. The predicted octanol–water partition coefficient (Wildman–Crippen LogP) is 2.47. The van der Waals surface area contributed by atoms with E-state index in [9.17, 15) is 14.0 Å². The van der Waals surface area contributed by atoms with Gasteiger partial charge in [-0.15, -0.1) is 24.8 Å². The number of rotatable bonds is 7. The van der Waals surface area contributed by atoms with Crippen LogP contribution in [-0.2, 0) is 11.2 Å². The van der Waals surface area contributed by atoms with Crippen molar-refractivity contribution in [1.82, 2.24) is 15.1 Å². The predicted molar refractivity (Wildman–Crippen MR) is 127 cm³/mol. The Hall–Kier alpha value is -2.39. The van der Waals surface area contributed by atoms with Crippen LogP contribution in [0.3, 0.4) is 0 Å². The number of benzene rings is 2. The molecule has 1 saturated heterocycles. The third-order valence-corrected chi connectivity index (χ3v) is 5.07. The van der Waals surface area contributed by atoms with Crippen LogP contribution >= 0.6 is 24.8 Å². The maximum atomic E-state index is 14.4. The summed E-state index contributed by atoms with van der Waals surface area (Å²) in [5.74, 6) is -0.0378. The molecule has 1 aliphatic heterocycles. The molecule has 7 nitrogen and oxygen atoms in total. The second-order valence-electron chi connectivity index (χ2n) is 7.17. The second-order valence-corrected chi connectivity index (χ2v) is 7.17. The second kappa shape index (κ2) is 13.2. The highest BCUT2D eigenvalue weighted by Gasteiger charge is 2.25. The molecule has 0 saturated carbocycles. The molecule has 0 atom stereocenters. The molecular weight excluding hydrogens is 458 g/mol. The van der Waals surface area contributed by atoms with Crippen LogP contribution in [0.15, 0.2) is 42.5 Å². The van der Waals surface area contributed by atoms with Crippen LogP contribution in [0.25, 0.3) is 0 Å². The van der Waals surface area contributed by atoms with Crippen molar-refractivity contribution in [3.05, 3.63) is 59.4 Å². The molecule has 3 rings (SSSR count). The summed E-state index contributed by atoms with van der Waals surface area (Å²) in [6, 6.07) is 11.7. The summed E-state index contributed by atoms with van der Waals surface area (Å²) in [6.45, 7) is 2.86. The van der Waals surface area contributed by atoms with Gasteiger partial charge in [0.25, 0.3) is 5.91 Å². The Bertz CT molecular complexity index is 891. The summed E-state index contributed by atoms with van der Waals surface area (Å²) >= 11 is 0. The van der Waals surface area contributed by atoms with Crippen molar-refractivity contribution in [2.75, 3.05) is 46.3 Å². The van der Waals surface area contributed by atoms with Crippen LogP contribution in [-0.4, -0.2) is 67.9 Å². The molecule has 0 aliphatic carbocycles. The van der Waals surface area contributed by atoms with E-state index in [-0.39, 0.29) is 42.2 Å². The van der Waals surface area contributed by atoms with E-state index < -0.39 is 5.82 Å². The minimum atomic E-state index is -0.585. The van der Waals surface area contributed by atoms with Gasteiger partial charge < -0.3 is 20.7 Å². The van der Waals surface area contributed by atoms with E-state index in [0.29, 0.717) is 50.8 Å². The maximum absolute atomic E-state index is 14.4. The number of hydrogen-bond donors (Lipinski definition) is 2. The molecule has 0 bridgehead atoms. The highest BCUT2D eigenvalue weighted by Crippen LogP contribution is 2.25. The van der Waals surface area contributed by atoms with Crippen molar-refractivity contribution in [3.63, 3.8) is 0 Å². The molecule has 0 spiro atoms. The van der Waals surface area contributed by atoms with E-state index >= 15 is 0 Å². The van der Waals surface area contributed by atoms with Crippen molar-refractivity contribution in [1.29, 1.82) is 0 Å². The third-order valence-electron chi connectivity index (χ3n) is 5.07. The van der Waals surface area contributed by atoms with Gasteiger partial charge in [-0.1, -0.05) is 12.1 Å². The first-order chi connectivity index (χ1) is 14.5. The molecule has 32 heavy (non-hydrogen) atoms. The van der Waals surface area contributed by atoms with Crippen LogP contribution in [0, 0.1) is 5.82 Å². The topological polar surface area (TPSA) is 87.9 Å².